The largest absolute Gasteiger partial charge is 0.356 e. The normalized spacial score (nSPS) is 16.2. The molecule has 1 N–H and O–H groups in total. The Kier molecular flexibility index (Phi) is 7.46. The summed E-state index contributed by atoms with van der Waals surface area (Å²) in [5.74, 6) is -0.105. The highest BCUT2D eigenvalue weighted by Crippen LogP contribution is 2.27. The highest BCUT2D eigenvalue weighted by molar-refractivity contribution is 7.89. The number of carbonyl (C=O) groups is 1. The number of rotatable bonds is 6. The molecule has 0 aromatic heterocycles. The van der Waals surface area contributed by atoms with E-state index >= 15 is 0 Å². The van der Waals surface area contributed by atoms with Gasteiger partial charge in [-0.3, -0.25) is 4.79 Å². The first kappa shape index (κ1) is 24.5. The van der Waals surface area contributed by atoms with Gasteiger partial charge in [0.15, 0.2) is 0 Å². The van der Waals surface area contributed by atoms with Crippen molar-refractivity contribution in [3.8, 4) is 0 Å². The second-order valence-electron chi connectivity index (χ2n) is 9.87. The van der Waals surface area contributed by atoms with E-state index in [9.17, 15) is 13.2 Å². The van der Waals surface area contributed by atoms with Gasteiger partial charge in [0.2, 0.25) is 15.9 Å². The van der Waals surface area contributed by atoms with Crippen molar-refractivity contribution in [3.63, 3.8) is 0 Å². The summed E-state index contributed by atoms with van der Waals surface area (Å²) in [5.41, 5.74) is 5.28. The molecule has 0 aliphatic carbocycles. The Morgan fingerprint density at radius 1 is 1.03 bits per heavy atom. The van der Waals surface area contributed by atoms with E-state index in [0.717, 1.165) is 6.42 Å². The third-order valence-corrected chi connectivity index (χ3v) is 8.35. The van der Waals surface area contributed by atoms with E-state index < -0.39 is 10.0 Å². The zero-order chi connectivity index (χ0) is 23.5. The van der Waals surface area contributed by atoms with Gasteiger partial charge in [-0.1, -0.05) is 51.1 Å². The average molecular weight is 457 g/mol. The summed E-state index contributed by atoms with van der Waals surface area (Å²) in [6, 6.07) is 13.0. The monoisotopic (exact) mass is 456 g/mol. The van der Waals surface area contributed by atoms with E-state index in [1.165, 1.54) is 26.6 Å². The van der Waals surface area contributed by atoms with Crippen LogP contribution in [0.25, 0.3) is 0 Å². The number of aryl methyl sites for hydroxylation is 2. The predicted molar refractivity (Wildman–Crippen MR) is 129 cm³/mol. The lowest BCUT2D eigenvalue weighted by atomic mass is 9.83. The molecule has 1 aliphatic heterocycles. The molecule has 0 atom stereocenters. The van der Waals surface area contributed by atoms with Crippen LogP contribution >= 0.6 is 0 Å². The van der Waals surface area contributed by atoms with Crippen molar-refractivity contribution < 1.29 is 13.2 Å². The summed E-state index contributed by atoms with van der Waals surface area (Å²) in [6.07, 6.45) is 1.90. The maximum absolute atomic E-state index is 12.8. The molecule has 2 aromatic rings. The van der Waals surface area contributed by atoms with Crippen molar-refractivity contribution in [2.45, 2.75) is 64.2 Å². The Bertz CT molecular complexity index is 1030. The Labute approximate surface area is 193 Å². The van der Waals surface area contributed by atoms with Gasteiger partial charge in [0.05, 0.1) is 4.90 Å². The molecule has 0 saturated carbocycles. The van der Waals surface area contributed by atoms with Gasteiger partial charge in [-0.2, -0.15) is 4.31 Å². The number of nitrogens with one attached hydrogen (secondary N) is 1. The number of hydrogen-bond acceptors (Lipinski definition) is 3. The van der Waals surface area contributed by atoms with Crippen LogP contribution in [0.5, 0.6) is 0 Å². The topological polar surface area (TPSA) is 66.5 Å². The lowest BCUT2D eigenvalue weighted by molar-refractivity contribution is -0.126. The zero-order valence-corrected chi connectivity index (χ0v) is 20.8. The first-order valence-corrected chi connectivity index (χ1v) is 12.9. The number of hydrogen-bond donors (Lipinski definition) is 1. The average Bonchev–Trinajstić information content (AvgIpc) is 2.75. The van der Waals surface area contributed by atoms with E-state index in [4.69, 9.17) is 0 Å². The van der Waals surface area contributed by atoms with Gasteiger partial charge in [-0.05, 0) is 72.9 Å². The van der Waals surface area contributed by atoms with Crippen LogP contribution in [0.1, 0.15) is 55.9 Å². The van der Waals surface area contributed by atoms with Crippen LogP contribution in [0.2, 0.25) is 0 Å². The van der Waals surface area contributed by atoms with Gasteiger partial charge in [-0.25, -0.2) is 8.42 Å². The Balaban J connectivity index is 1.52. The molecule has 6 heteroatoms. The SMILES string of the molecule is Cc1cc(C(C)(C)C)cc(C)c1CCNC(=O)C1CCN(S(=O)(=O)c2ccccc2)CC1. The number of nitrogens with zero attached hydrogens (tertiary/aromatic N) is 1. The minimum Gasteiger partial charge on any atom is -0.356 e. The molecule has 1 amide bonds. The van der Waals surface area contributed by atoms with Gasteiger partial charge in [0, 0.05) is 25.6 Å². The highest BCUT2D eigenvalue weighted by Gasteiger charge is 2.31. The van der Waals surface area contributed by atoms with Crippen molar-refractivity contribution in [3.05, 3.63) is 64.7 Å². The molecule has 1 aliphatic rings. The van der Waals surface area contributed by atoms with Gasteiger partial charge in [0.25, 0.3) is 0 Å². The molecule has 174 valence electrons. The van der Waals surface area contributed by atoms with Crippen LogP contribution in [-0.4, -0.2) is 38.3 Å². The zero-order valence-electron chi connectivity index (χ0n) is 19.9. The first-order valence-electron chi connectivity index (χ1n) is 11.4. The fourth-order valence-corrected chi connectivity index (χ4v) is 5.87. The molecule has 1 fully saturated rings. The van der Waals surface area contributed by atoms with E-state index in [-0.39, 0.29) is 17.2 Å². The van der Waals surface area contributed by atoms with E-state index in [1.807, 2.05) is 0 Å². The fraction of sp³-hybridized carbons (Fsp3) is 0.500. The van der Waals surface area contributed by atoms with Crippen LogP contribution in [0.4, 0.5) is 0 Å². The molecule has 0 spiro atoms. The first-order chi connectivity index (χ1) is 15.0. The van der Waals surface area contributed by atoms with Crippen molar-refractivity contribution in [1.82, 2.24) is 9.62 Å². The number of piperidine rings is 1. The lowest BCUT2D eigenvalue weighted by Gasteiger charge is -2.30. The summed E-state index contributed by atoms with van der Waals surface area (Å²) in [4.78, 5) is 13.0. The summed E-state index contributed by atoms with van der Waals surface area (Å²) in [6.45, 7) is 12.3. The number of benzene rings is 2. The van der Waals surface area contributed by atoms with Crippen LogP contribution in [0, 0.1) is 19.8 Å². The molecule has 3 rings (SSSR count). The predicted octanol–water partition coefficient (Wildman–Crippen LogP) is 4.36. The maximum Gasteiger partial charge on any atom is 0.243 e. The molecule has 2 aromatic carbocycles. The summed E-state index contributed by atoms with van der Waals surface area (Å²) in [5, 5.41) is 3.08. The molecule has 1 saturated heterocycles. The van der Waals surface area contributed by atoms with E-state index in [1.54, 1.807) is 30.3 Å². The molecule has 0 bridgehead atoms. The van der Waals surface area contributed by atoms with Crippen LogP contribution in [0.15, 0.2) is 47.4 Å². The van der Waals surface area contributed by atoms with Crippen molar-refractivity contribution >= 4 is 15.9 Å². The molecular weight excluding hydrogens is 420 g/mol. The van der Waals surface area contributed by atoms with Crippen molar-refractivity contribution in [2.75, 3.05) is 19.6 Å². The van der Waals surface area contributed by atoms with Gasteiger partial charge >= 0.3 is 0 Å². The molecule has 5 nitrogen and oxygen atoms in total. The maximum atomic E-state index is 12.8. The number of carbonyl (C=O) groups excluding carboxylic acids is 1. The molecule has 1 heterocycles. The summed E-state index contributed by atoms with van der Waals surface area (Å²) >= 11 is 0. The van der Waals surface area contributed by atoms with E-state index in [0.29, 0.717) is 37.4 Å². The van der Waals surface area contributed by atoms with Gasteiger partial charge < -0.3 is 5.32 Å². The minimum atomic E-state index is -3.49. The summed E-state index contributed by atoms with van der Waals surface area (Å²) < 4.78 is 27.0. The second-order valence-corrected chi connectivity index (χ2v) is 11.8. The number of amides is 1. The molecule has 0 unspecified atom stereocenters. The second kappa shape index (κ2) is 9.75. The molecular formula is C26H36N2O3S. The molecule has 0 radical (unpaired) electrons. The smallest absolute Gasteiger partial charge is 0.243 e. The summed E-state index contributed by atoms with van der Waals surface area (Å²) in [7, 11) is -3.49. The van der Waals surface area contributed by atoms with Gasteiger partial charge in [0.1, 0.15) is 0 Å². The van der Waals surface area contributed by atoms with Crippen LogP contribution in [-0.2, 0) is 26.7 Å². The van der Waals surface area contributed by atoms with Gasteiger partial charge in [-0.15, -0.1) is 0 Å². The highest BCUT2D eigenvalue weighted by atomic mass is 32.2. The Morgan fingerprint density at radius 2 is 1.59 bits per heavy atom. The van der Waals surface area contributed by atoms with Crippen molar-refractivity contribution in [1.29, 1.82) is 0 Å². The molecule has 32 heavy (non-hydrogen) atoms. The standard InChI is InChI=1S/C26H36N2O3S/c1-19-17-22(26(3,4)5)18-20(2)24(19)11-14-27-25(29)21-12-15-28(16-13-21)32(30,31)23-9-7-6-8-10-23/h6-10,17-18,21H,11-16H2,1-5H3,(H,27,29). The number of sulfonamides is 1. The third kappa shape index (κ3) is 5.59. The Morgan fingerprint density at radius 3 is 2.12 bits per heavy atom. The fourth-order valence-electron chi connectivity index (χ4n) is 4.38. The Hall–Kier alpha value is -2.18. The quantitative estimate of drug-likeness (QED) is 0.702. The third-order valence-electron chi connectivity index (χ3n) is 6.44. The van der Waals surface area contributed by atoms with Crippen LogP contribution in [0.3, 0.4) is 0 Å². The van der Waals surface area contributed by atoms with E-state index in [2.05, 4.69) is 52.1 Å². The minimum absolute atomic E-state index is 0.0309. The lowest BCUT2D eigenvalue weighted by Crippen LogP contribution is -2.43. The van der Waals surface area contributed by atoms with Crippen molar-refractivity contribution in [2.24, 2.45) is 5.92 Å². The van der Waals surface area contributed by atoms with Crippen LogP contribution < -0.4 is 5.32 Å².